The predicted molar refractivity (Wildman–Crippen MR) is 121 cm³/mol. The highest BCUT2D eigenvalue weighted by Crippen LogP contribution is 2.39. The Morgan fingerprint density at radius 1 is 1.06 bits per heavy atom. The predicted octanol–water partition coefficient (Wildman–Crippen LogP) is 4.05. The lowest BCUT2D eigenvalue weighted by molar-refractivity contribution is -0.385. The third-order valence-electron chi connectivity index (χ3n) is 4.81. The van der Waals surface area contributed by atoms with Crippen molar-refractivity contribution in [3.8, 4) is 0 Å². The molecule has 2 fully saturated rings. The van der Waals surface area contributed by atoms with Crippen molar-refractivity contribution < 1.29 is 14.6 Å². The topological polar surface area (TPSA) is 160 Å². The van der Waals surface area contributed by atoms with Crippen LogP contribution in [0.25, 0.3) is 5.65 Å². The molecule has 2 N–H and O–H groups in total. The van der Waals surface area contributed by atoms with Gasteiger partial charge in [-0.1, -0.05) is 15.9 Å². The van der Waals surface area contributed by atoms with Crippen molar-refractivity contribution in [1.82, 2.24) is 14.4 Å². The van der Waals surface area contributed by atoms with Gasteiger partial charge in [0.2, 0.25) is 0 Å². The molecular weight excluding hydrogens is 484 g/mol. The van der Waals surface area contributed by atoms with Gasteiger partial charge in [-0.3, -0.25) is 29.4 Å². The Labute approximate surface area is 191 Å². The van der Waals surface area contributed by atoms with E-state index >= 15 is 0 Å². The zero-order valence-electron chi connectivity index (χ0n) is 17.0. The Balaban J connectivity index is 0.000000147. The molecule has 0 unspecified atom stereocenters. The summed E-state index contributed by atoms with van der Waals surface area (Å²) in [6.45, 7) is 0. The number of imidazole rings is 1. The fourth-order valence-electron chi connectivity index (χ4n) is 2.70. The third kappa shape index (κ3) is 6.54. The minimum absolute atomic E-state index is 0.0470. The van der Waals surface area contributed by atoms with Crippen molar-refractivity contribution in [2.24, 2.45) is 5.92 Å². The lowest BCUT2D eigenvalue weighted by atomic mass is 10.3. The van der Waals surface area contributed by atoms with Crippen LogP contribution in [-0.4, -0.2) is 35.3 Å². The van der Waals surface area contributed by atoms with E-state index in [4.69, 9.17) is 5.73 Å². The summed E-state index contributed by atoms with van der Waals surface area (Å²) >= 11 is 3.11. The number of halogens is 1. The van der Waals surface area contributed by atoms with Gasteiger partial charge in [0.15, 0.2) is 0 Å². The minimum atomic E-state index is -0.521. The van der Waals surface area contributed by atoms with Crippen molar-refractivity contribution >= 4 is 44.6 Å². The number of nitrogens with zero attached hydrogens (tertiary/aromatic N) is 5. The van der Waals surface area contributed by atoms with Crippen LogP contribution in [-0.2, 0) is 4.79 Å². The van der Waals surface area contributed by atoms with Crippen LogP contribution in [0.1, 0.15) is 37.3 Å². The second-order valence-electron chi connectivity index (χ2n) is 7.42. The molecule has 0 atom stereocenters. The summed E-state index contributed by atoms with van der Waals surface area (Å²) in [5.74, 6) is 1.66. The summed E-state index contributed by atoms with van der Waals surface area (Å²) in [5, 5.41) is 21.2. The zero-order valence-corrected chi connectivity index (χ0v) is 18.6. The normalized spacial score (nSPS) is 14.5. The monoisotopic (exact) mass is 504 g/mol. The number of rotatable bonds is 5. The van der Waals surface area contributed by atoms with Crippen molar-refractivity contribution in [2.75, 3.05) is 11.1 Å². The molecule has 3 aromatic rings. The maximum Gasteiger partial charge on any atom is 0.287 e. The average molecular weight is 505 g/mol. The quantitative estimate of drug-likeness (QED) is 0.309. The first-order valence-corrected chi connectivity index (χ1v) is 11.0. The lowest BCUT2D eigenvalue weighted by Gasteiger charge is -1.92. The van der Waals surface area contributed by atoms with E-state index in [-0.39, 0.29) is 17.2 Å². The number of nitro groups is 2. The Hall–Kier alpha value is -3.41. The van der Waals surface area contributed by atoms with Crippen LogP contribution in [0, 0.1) is 26.1 Å². The Kier molecular flexibility index (Phi) is 7.46. The van der Waals surface area contributed by atoms with Gasteiger partial charge in [0.1, 0.15) is 23.4 Å². The largest absolute Gasteiger partial charge is 0.384 e. The van der Waals surface area contributed by atoms with Gasteiger partial charge in [0.05, 0.1) is 27.1 Å². The number of carbonyl (C=O) groups is 1. The lowest BCUT2D eigenvalue weighted by Crippen LogP contribution is -1.99. The molecule has 0 amide bonds. The number of Topliss-reactive ketones (excluding diaryl/α,β-unsaturated/α-hetero) is 1. The summed E-state index contributed by atoms with van der Waals surface area (Å²) in [7, 11) is 0. The molecule has 2 saturated carbocycles. The van der Waals surface area contributed by atoms with E-state index in [1.165, 1.54) is 37.2 Å². The summed E-state index contributed by atoms with van der Waals surface area (Å²) in [6, 6.07) is 5.86. The maximum absolute atomic E-state index is 10.6. The molecule has 3 aromatic heterocycles. The van der Waals surface area contributed by atoms with E-state index in [1.54, 1.807) is 10.5 Å². The number of alkyl halides is 1. The highest BCUT2D eigenvalue weighted by atomic mass is 79.9. The molecular formula is C20H21BrN6O5. The molecule has 3 heterocycles. The first kappa shape index (κ1) is 23.3. The zero-order chi connectivity index (χ0) is 23.3. The van der Waals surface area contributed by atoms with E-state index < -0.39 is 9.85 Å². The van der Waals surface area contributed by atoms with Crippen molar-refractivity contribution in [3.05, 3.63) is 68.8 Å². The molecule has 0 aromatic carbocycles. The van der Waals surface area contributed by atoms with Crippen LogP contribution in [0.4, 0.5) is 17.2 Å². The van der Waals surface area contributed by atoms with Gasteiger partial charge in [-0.05, 0) is 37.8 Å². The molecule has 2 aliphatic carbocycles. The summed E-state index contributed by atoms with van der Waals surface area (Å²) in [6.07, 6.45) is 9.15. The van der Waals surface area contributed by atoms with Gasteiger partial charge in [-0.15, -0.1) is 0 Å². The molecule has 5 rings (SSSR count). The fraction of sp³-hybridized carbons (Fsp3) is 0.350. The van der Waals surface area contributed by atoms with E-state index in [1.807, 2.05) is 6.20 Å². The van der Waals surface area contributed by atoms with Crippen molar-refractivity contribution in [2.45, 2.75) is 31.6 Å². The van der Waals surface area contributed by atoms with E-state index in [2.05, 4.69) is 25.9 Å². The number of aromatic nitrogens is 3. The standard InChI is InChI=1S/C10H9N3O2.C5H7BrO.C5H5N3O2/c14-13(15)8-3-4-10-11-9(7-1-2-7)6-12(10)5-8;6-3-5(7)4-1-2-4;6-5-2-1-4(3-7-5)8(9)10/h3-7H,1-2H2;4H,1-3H2;1-3H,(H2,6,7). The van der Waals surface area contributed by atoms with E-state index in [9.17, 15) is 25.0 Å². The van der Waals surface area contributed by atoms with E-state index in [0.29, 0.717) is 22.9 Å². The number of anilines is 1. The molecule has 168 valence electrons. The smallest absolute Gasteiger partial charge is 0.287 e. The molecule has 0 spiro atoms. The summed E-state index contributed by atoms with van der Waals surface area (Å²) in [4.78, 5) is 38.2. The Bertz CT molecular complexity index is 1130. The number of fused-ring (bicyclic) bond motifs is 1. The van der Waals surface area contributed by atoms with Gasteiger partial charge < -0.3 is 5.73 Å². The second kappa shape index (κ2) is 10.3. The molecule has 2 aliphatic rings. The number of nitrogens with two attached hydrogens (primary N) is 1. The number of nitrogen functional groups attached to an aromatic ring is 1. The molecule has 0 aliphatic heterocycles. The maximum atomic E-state index is 10.6. The highest BCUT2D eigenvalue weighted by molar-refractivity contribution is 9.09. The number of ketones is 1. The summed E-state index contributed by atoms with van der Waals surface area (Å²) < 4.78 is 1.73. The average Bonchev–Trinajstić information content (AvgIpc) is 3.70. The number of hydrogen-bond acceptors (Lipinski definition) is 8. The van der Waals surface area contributed by atoms with Gasteiger partial charge in [-0.2, -0.15) is 0 Å². The van der Waals surface area contributed by atoms with Gasteiger partial charge in [-0.25, -0.2) is 9.97 Å². The van der Waals surface area contributed by atoms with Crippen LogP contribution >= 0.6 is 15.9 Å². The molecule has 32 heavy (non-hydrogen) atoms. The molecule has 0 bridgehead atoms. The summed E-state index contributed by atoms with van der Waals surface area (Å²) in [5.41, 5.74) is 7.08. The van der Waals surface area contributed by atoms with Crippen molar-refractivity contribution in [3.63, 3.8) is 0 Å². The Morgan fingerprint density at radius 2 is 1.72 bits per heavy atom. The molecule has 0 saturated heterocycles. The first-order chi connectivity index (χ1) is 15.3. The number of pyridine rings is 2. The van der Waals surface area contributed by atoms with E-state index in [0.717, 1.165) is 30.4 Å². The number of carbonyl (C=O) groups excluding carboxylic acids is 1. The van der Waals surface area contributed by atoms with Crippen LogP contribution in [0.15, 0.2) is 42.9 Å². The number of hydrogen-bond donors (Lipinski definition) is 1. The van der Waals surface area contributed by atoms with Crippen LogP contribution in [0.3, 0.4) is 0 Å². The van der Waals surface area contributed by atoms with Crippen LogP contribution < -0.4 is 5.73 Å². The second-order valence-corrected chi connectivity index (χ2v) is 7.98. The first-order valence-electron chi connectivity index (χ1n) is 9.86. The van der Waals surface area contributed by atoms with Gasteiger partial charge >= 0.3 is 0 Å². The molecule has 11 nitrogen and oxygen atoms in total. The van der Waals surface area contributed by atoms with Crippen LogP contribution in [0.2, 0.25) is 0 Å². The van der Waals surface area contributed by atoms with Crippen molar-refractivity contribution in [1.29, 1.82) is 0 Å². The Morgan fingerprint density at radius 3 is 2.19 bits per heavy atom. The third-order valence-corrected chi connectivity index (χ3v) is 5.36. The van der Waals surface area contributed by atoms with Gasteiger partial charge in [0.25, 0.3) is 11.4 Å². The molecule has 0 radical (unpaired) electrons. The van der Waals surface area contributed by atoms with Gasteiger partial charge in [0, 0.05) is 30.2 Å². The molecule has 12 heteroatoms. The fourth-order valence-corrected chi connectivity index (χ4v) is 3.16. The SMILES string of the molecule is Nc1ccc([N+](=O)[O-])cn1.O=C(CBr)C1CC1.O=[N+]([O-])c1ccc2nc(C3CC3)cn2c1. The highest BCUT2D eigenvalue weighted by Gasteiger charge is 2.28. The van der Waals surface area contributed by atoms with Crippen LogP contribution in [0.5, 0.6) is 0 Å². The minimum Gasteiger partial charge on any atom is -0.384 e.